The highest BCUT2D eigenvalue weighted by molar-refractivity contribution is 8.01. The fourth-order valence-corrected chi connectivity index (χ4v) is 4.01. The zero-order chi connectivity index (χ0) is 23.6. The lowest BCUT2D eigenvalue weighted by Crippen LogP contribution is -2.23. The van der Waals surface area contributed by atoms with E-state index in [1.807, 2.05) is 0 Å². The number of anilines is 1. The maximum absolute atomic E-state index is 14.6. The van der Waals surface area contributed by atoms with Gasteiger partial charge in [-0.3, -0.25) is 4.79 Å². The molecule has 166 valence electrons. The van der Waals surface area contributed by atoms with Gasteiger partial charge in [0.05, 0.1) is 22.9 Å². The number of alkyl halides is 3. The average Bonchev–Trinajstić information content (AvgIpc) is 3.05. The van der Waals surface area contributed by atoms with Crippen molar-refractivity contribution < 1.29 is 42.1 Å². The van der Waals surface area contributed by atoms with Crippen LogP contribution in [0.1, 0.15) is 0 Å². The molecule has 1 aliphatic rings. The van der Waals surface area contributed by atoms with Gasteiger partial charge in [-0.25, -0.2) is 9.18 Å². The SMILES string of the molecule is N#CC1SC(O)C(C(=O)O)=C1C(=O)Nc1ccc(-c2cccc(OC(F)(F)F)c2)cc1F. The molecule has 2 aromatic carbocycles. The molecule has 0 aliphatic carbocycles. The zero-order valence-electron chi connectivity index (χ0n) is 15.7. The predicted octanol–water partition coefficient (Wildman–Crippen LogP) is 3.67. The van der Waals surface area contributed by atoms with Gasteiger partial charge < -0.3 is 20.3 Å². The van der Waals surface area contributed by atoms with Crippen LogP contribution in [0.4, 0.5) is 23.2 Å². The molecule has 2 aromatic rings. The number of carboxylic acids is 1. The first-order valence-electron chi connectivity index (χ1n) is 8.67. The van der Waals surface area contributed by atoms with Gasteiger partial charge in [0.1, 0.15) is 22.3 Å². The van der Waals surface area contributed by atoms with E-state index in [-0.39, 0.29) is 16.8 Å². The number of hydrogen-bond donors (Lipinski definition) is 3. The Morgan fingerprint density at radius 2 is 1.81 bits per heavy atom. The van der Waals surface area contributed by atoms with Crippen LogP contribution >= 0.6 is 11.8 Å². The van der Waals surface area contributed by atoms with Crippen molar-refractivity contribution in [1.29, 1.82) is 5.26 Å². The van der Waals surface area contributed by atoms with Gasteiger partial charge >= 0.3 is 12.3 Å². The lowest BCUT2D eigenvalue weighted by Gasteiger charge is -2.12. The number of benzene rings is 2. The largest absolute Gasteiger partial charge is 0.573 e. The summed E-state index contributed by atoms with van der Waals surface area (Å²) >= 11 is 0.551. The van der Waals surface area contributed by atoms with Crippen LogP contribution < -0.4 is 10.1 Å². The van der Waals surface area contributed by atoms with Crippen LogP contribution in [-0.4, -0.2) is 39.1 Å². The summed E-state index contributed by atoms with van der Waals surface area (Å²) in [4.78, 5) is 23.9. The number of aliphatic carboxylic acids is 1. The standard InChI is InChI=1S/C20H12F4N2O5S/c21-12-7-10(9-2-1-3-11(6-9)31-20(22,23)24)4-5-13(12)26-17(27)15-14(8-25)32-19(30)16(15)18(28)29/h1-7,14,19,30H,(H,26,27)(H,28,29). The number of nitriles is 1. The number of nitrogens with one attached hydrogen (secondary N) is 1. The molecule has 32 heavy (non-hydrogen) atoms. The summed E-state index contributed by atoms with van der Waals surface area (Å²) < 4.78 is 55.6. The molecule has 0 saturated carbocycles. The van der Waals surface area contributed by atoms with Gasteiger partial charge in [-0.15, -0.1) is 24.9 Å². The molecule has 0 saturated heterocycles. The van der Waals surface area contributed by atoms with Crippen LogP contribution in [0.15, 0.2) is 53.6 Å². The number of nitrogens with zero attached hydrogens (tertiary/aromatic N) is 1. The lowest BCUT2D eigenvalue weighted by atomic mass is 10.0. The van der Waals surface area contributed by atoms with Crippen LogP contribution in [0.2, 0.25) is 0 Å². The van der Waals surface area contributed by atoms with Gasteiger partial charge in [-0.1, -0.05) is 18.2 Å². The van der Waals surface area contributed by atoms with Crippen molar-refractivity contribution in [2.45, 2.75) is 17.0 Å². The molecule has 0 spiro atoms. The Labute approximate surface area is 181 Å². The van der Waals surface area contributed by atoms with Crippen LogP contribution in [0.3, 0.4) is 0 Å². The lowest BCUT2D eigenvalue weighted by molar-refractivity contribution is -0.274. The van der Waals surface area contributed by atoms with Crippen molar-refractivity contribution in [2.75, 3.05) is 5.32 Å². The Morgan fingerprint density at radius 3 is 2.41 bits per heavy atom. The minimum absolute atomic E-state index is 0.181. The van der Waals surface area contributed by atoms with E-state index in [1.165, 1.54) is 18.2 Å². The molecule has 2 unspecified atom stereocenters. The van der Waals surface area contributed by atoms with Crippen LogP contribution in [0.25, 0.3) is 11.1 Å². The molecule has 0 radical (unpaired) electrons. The van der Waals surface area contributed by atoms with Crippen molar-refractivity contribution >= 4 is 29.3 Å². The molecule has 1 aliphatic heterocycles. The molecule has 0 fully saturated rings. The van der Waals surface area contributed by atoms with Crippen molar-refractivity contribution in [3.8, 4) is 22.9 Å². The van der Waals surface area contributed by atoms with Crippen LogP contribution in [0, 0.1) is 17.1 Å². The molecule has 1 heterocycles. The monoisotopic (exact) mass is 468 g/mol. The fraction of sp³-hybridized carbons (Fsp3) is 0.150. The number of carbonyl (C=O) groups is 2. The molecule has 3 rings (SSSR count). The first kappa shape index (κ1) is 23.1. The quantitative estimate of drug-likeness (QED) is 0.573. The summed E-state index contributed by atoms with van der Waals surface area (Å²) in [6.45, 7) is 0. The highest BCUT2D eigenvalue weighted by atomic mass is 32.2. The number of amides is 1. The first-order valence-corrected chi connectivity index (χ1v) is 9.62. The van der Waals surface area contributed by atoms with E-state index < -0.39 is 51.6 Å². The Morgan fingerprint density at radius 1 is 1.12 bits per heavy atom. The molecule has 7 nitrogen and oxygen atoms in total. The highest BCUT2D eigenvalue weighted by Gasteiger charge is 2.41. The van der Waals surface area contributed by atoms with E-state index in [9.17, 15) is 37.4 Å². The number of hydrogen-bond acceptors (Lipinski definition) is 6. The van der Waals surface area contributed by atoms with E-state index in [1.54, 1.807) is 6.07 Å². The summed E-state index contributed by atoms with van der Waals surface area (Å²) in [5, 5.41) is 29.0. The third-order valence-corrected chi connectivity index (χ3v) is 5.38. The number of thioether (sulfide) groups is 1. The Hall–Kier alpha value is -3.56. The molecule has 1 amide bonds. The number of aliphatic hydroxyl groups excluding tert-OH is 1. The number of aliphatic hydroxyl groups is 1. The van der Waals surface area contributed by atoms with Gasteiger partial charge in [0.2, 0.25) is 0 Å². The van der Waals surface area contributed by atoms with E-state index in [4.69, 9.17) is 5.26 Å². The van der Waals surface area contributed by atoms with Crippen molar-refractivity contribution in [2.24, 2.45) is 0 Å². The number of carboxylic acid groups (broad SMARTS) is 1. The van der Waals surface area contributed by atoms with Gasteiger partial charge in [0, 0.05) is 0 Å². The van der Waals surface area contributed by atoms with Crippen molar-refractivity contribution in [1.82, 2.24) is 0 Å². The third kappa shape index (κ3) is 5.01. The van der Waals surface area contributed by atoms with Crippen molar-refractivity contribution in [3.63, 3.8) is 0 Å². The van der Waals surface area contributed by atoms with Crippen LogP contribution in [-0.2, 0) is 9.59 Å². The highest BCUT2D eigenvalue weighted by Crippen LogP contribution is 2.38. The number of carbonyl (C=O) groups excluding carboxylic acids is 1. The topological polar surface area (TPSA) is 120 Å². The van der Waals surface area contributed by atoms with Gasteiger partial charge in [0.25, 0.3) is 5.91 Å². The second kappa shape index (κ2) is 8.89. The number of ether oxygens (including phenoxy) is 1. The second-order valence-electron chi connectivity index (χ2n) is 6.35. The van der Waals surface area contributed by atoms with E-state index >= 15 is 0 Å². The maximum Gasteiger partial charge on any atom is 0.573 e. The number of rotatable bonds is 5. The Bertz CT molecular complexity index is 1160. The molecular weight excluding hydrogens is 456 g/mol. The smallest absolute Gasteiger partial charge is 0.478 e. The minimum Gasteiger partial charge on any atom is -0.478 e. The fourth-order valence-electron chi connectivity index (χ4n) is 2.95. The molecule has 12 heteroatoms. The second-order valence-corrected chi connectivity index (χ2v) is 7.54. The Balaban J connectivity index is 1.87. The van der Waals surface area contributed by atoms with E-state index in [0.717, 1.165) is 24.3 Å². The summed E-state index contributed by atoms with van der Waals surface area (Å²) in [5.41, 5.74) is -2.74. The summed E-state index contributed by atoms with van der Waals surface area (Å²) in [6, 6.07) is 9.94. The summed E-state index contributed by atoms with van der Waals surface area (Å²) in [7, 11) is 0. The van der Waals surface area contributed by atoms with E-state index in [2.05, 4.69) is 10.1 Å². The predicted molar refractivity (Wildman–Crippen MR) is 105 cm³/mol. The minimum atomic E-state index is -4.89. The molecular formula is C20H12F4N2O5S. The number of halogens is 4. The zero-order valence-corrected chi connectivity index (χ0v) is 16.5. The molecule has 0 bridgehead atoms. The molecule has 2 atom stereocenters. The first-order chi connectivity index (χ1) is 15.0. The Kier molecular flexibility index (Phi) is 6.42. The molecule has 0 aromatic heterocycles. The summed E-state index contributed by atoms with van der Waals surface area (Å²) in [6.07, 6.45) is -4.89. The van der Waals surface area contributed by atoms with Gasteiger partial charge in [-0.05, 0) is 35.4 Å². The van der Waals surface area contributed by atoms with Crippen molar-refractivity contribution in [3.05, 3.63) is 59.4 Å². The average molecular weight is 468 g/mol. The van der Waals surface area contributed by atoms with Gasteiger partial charge in [-0.2, -0.15) is 5.26 Å². The van der Waals surface area contributed by atoms with E-state index in [0.29, 0.717) is 11.8 Å². The third-order valence-electron chi connectivity index (χ3n) is 4.27. The van der Waals surface area contributed by atoms with Gasteiger partial charge in [0.15, 0.2) is 0 Å². The normalized spacial score (nSPS) is 18.2. The van der Waals surface area contributed by atoms with Crippen LogP contribution in [0.5, 0.6) is 5.75 Å². The maximum atomic E-state index is 14.6. The molecule has 3 N–H and O–H groups in total. The summed E-state index contributed by atoms with van der Waals surface area (Å²) in [5.74, 6) is -4.13.